The zero-order valence-corrected chi connectivity index (χ0v) is 16.8. The van der Waals surface area contributed by atoms with Gasteiger partial charge in [0.1, 0.15) is 5.60 Å². The van der Waals surface area contributed by atoms with Crippen LogP contribution >= 0.6 is 11.8 Å². The Morgan fingerprint density at radius 3 is 2.54 bits per heavy atom. The summed E-state index contributed by atoms with van der Waals surface area (Å²) in [5.41, 5.74) is 5.39. The molecule has 0 aromatic rings. The van der Waals surface area contributed by atoms with Crippen molar-refractivity contribution in [2.45, 2.75) is 83.0 Å². The van der Waals surface area contributed by atoms with E-state index in [1.807, 2.05) is 32.5 Å². The first-order chi connectivity index (χ1) is 11.2. The fourth-order valence-corrected chi connectivity index (χ4v) is 5.70. The zero-order chi connectivity index (χ0) is 18.2. The van der Waals surface area contributed by atoms with Crippen LogP contribution in [0.1, 0.15) is 72.6 Å². The van der Waals surface area contributed by atoms with Crippen LogP contribution in [0.4, 0.5) is 0 Å². The van der Waals surface area contributed by atoms with Gasteiger partial charge in [-0.05, 0) is 71.3 Å². The van der Waals surface area contributed by atoms with Crippen LogP contribution in [0.2, 0.25) is 0 Å². The number of aliphatic hydroxyl groups is 1. The molecular weight excluding hydrogens is 322 g/mol. The molecule has 0 heterocycles. The van der Waals surface area contributed by atoms with Gasteiger partial charge in [-0.1, -0.05) is 13.3 Å². The van der Waals surface area contributed by atoms with Crippen molar-refractivity contribution in [2.24, 2.45) is 17.6 Å². The lowest BCUT2D eigenvalue weighted by molar-refractivity contribution is -0.156. The lowest BCUT2D eigenvalue weighted by Crippen LogP contribution is -2.39. The second-order valence-electron chi connectivity index (χ2n) is 8.25. The monoisotopic (exact) mass is 359 g/mol. The van der Waals surface area contributed by atoms with Crippen LogP contribution in [0.5, 0.6) is 0 Å². The minimum atomic E-state index is -0.422. The highest BCUT2D eigenvalue weighted by atomic mass is 32.2. The summed E-state index contributed by atoms with van der Waals surface area (Å²) in [5.74, 6) is 1.63. The van der Waals surface area contributed by atoms with Gasteiger partial charge >= 0.3 is 5.97 Å². The standard InChI is InChI=1S/C19H37NO3S/c1-5-7-19(24-10-9-21)13-15(6-8-20)11-16(14-19)12-17(22)23-18(2,3)4/h15-16,21H,5-14,20H2,1-4H3. The van der Waals surface area contributed by atoms with Crippen molar-refractivity contribution >= 4 is 17.7 Å². The van der Waals surface area contributed by atoms with E-state index in [1.54, 1.807) is 0 Å². The molecule has 3 atom stereocenters. The van der Waals surface area contributed by atoms with Gasteiger partial charge in [0.05, 0.1) is 6.61 Å². The Bertz CT molecular complexity index is 383. The third kappa shape index (κ3) is 7.75. The lowest BCUT2D eigenvalue weighted by Gasteiger charge is -2.44. The first-order valence-corrected chi connectivity index (χ1v) is 10.4. The Morgan fingerprint density at radius 2 is 2.00 bits per heavy atom. The molecule has 3 unspecified atom stereocenters. The number of carbonyl (C=O) groups is 1. The quantitative estimate of drug-likeness (QED) is 0.613. The molecule has 0 amide bonds. The largest absolute Gasteiger partial charge is 0.460 e. The summed E-state index contributed by atoms with van der Waals surface area (Å²) in [7, 11) is 0. The van der Waals surface area contributed by atoms with E-state index in [0.29, 0.717) is 24.8 Å². The SMILES string of the molecule is CCCC1(SCCO)CC(CCN)CC(CC(=O)OC(C)(C)C)C1. The summed E-state index contributed by atoms with van der Waals surface area (Å²) >= 11 is 1.90. The first kappa shape index (κ1) is 21.8. The van der Waals surface area contributed by atoms with Crippen molar-refractivity contribution < 1.29 is 14.6 Å². The third-order valence-electron chi connectivity index (χ3n) is 4.64. The van der Waals surface area contributed by atoms with Crippen molar-refractivity contribution in [1.82, 2.24) is 0 Å². The number of esters is 1. The molecule has 3 N–H and O–H groups in total. The van der Waals surface area contributed by atoms with Crippen molar-refractivity contribution in [2.75, 3.05) is 18.9 Å². The average molecular weight is 360 g/mol. The number of rotatable bonds is 9. The molecular formula is C19H37NO3S. The Labute approximate surface area is 152 Å². The summed E-state index contributed by atoms with van der Waals surface area (Å²) in [6.45, 7) is 8.90. The number of carbonyl (C=O) groups excluding carboxylic acids is 1. The molecule has 0 spiro atoms. The van der Waals surface area contributed by atoms with Gasteiger partial charge in [0.15, 0.2) is 0 Å². The van der Waals surface area contributed by atoms with E-state index in [4.69, 9.17) is 10.5 Å². The van der Waals surface area contributed by atoms with Gasteiger partial charge in [-0.3, -0.25) is 4.79 Å². The summed E-state index contributed by atoms with van der Waals surface area (Å²) in [4.78, 5) is 12.3. The van der Waals surface area contributed by atoms with Gasteiger partial charge in [-0.25, -0.2) is 0 Å². The van der Waals surface area contributed by atoms with E-state index < -0.39 is 5.60 Å². The van der Waals surface area contributed by atoms with Crippen LogP contribution in [-0.4, -0.2) is 40.3 Å². The van der Waals surface area contributed by atoms with Crippen LogP contribution in [0, 0.1) is 11.8 Å². The Hall–Kier alpha value is -0.260. The molecule has 1 rings (SSSR count). The predicted octanol–water partition coefficient (Wildman–Crippen LogP) is 3.75. The maximum absolute atomic E-state index is 12.3. The Morgan fingerprint density at radius 1 is 1.33 bits per heavy atom. The maximum atomic E-state index is 12.3. The number of hydrogen-bond acceptors (Lipinski definition) is 5. The molecule has 0 aliphatic heterocycles. The molecule has 142 valence electrons. The van der Waals surface area contributed by atoms with E-state index in [-0.39, 0.29) is 17.3 Å². The molecule has 0 saturated heterocycles. The molecule has 1 aliphatic carbocycles. The highest BCUT2D eigenvalue weighted by Gasteiger charge is 2.40. The summed E-state index contributed by atoms with van der Waals surface area (Å²) in [6.07, 6.45) is 7.08. The predicted molar refractivity (Wildman–Crippen MR) is 102 cm³/mol. The fraction of sp³-hybridized carbons (Fsp3) is 0.947. The highest BCUT2D eigenvalue weighted by Crippen LogP contribution is 2.49. The van der Waals surface area contributed by atoms with E-state index >= 15 is 0 Å². The first-order valence-electron chi connectivity index (χ1n) is 9.40. The summed E-state index contributed by atoms with van der Waals surface area (Å²) in [5, 5.41) is 9.27. The number of hydrogen-bond donors (Lipinski definition) is 2. The van der Waals surface area contributed by atoms with Crippen molar-refractivity contribution in [3.8, 4) is 0 Å². The number of ether oxygens (including phenoxy) is 1. The second kappa shape index (κ2) is 10.0. The van der Waals surface area contributed by atoms with Gasteiger partial charge < -0.3 is 15.6 Å². The summed E-state index contributed by atoms with van der Waals surface area (Å²) < 4.78 is 5.72. The third-order valence-corrected chi connectivity index (χ3v) is 6.18. The smallest absolute Gasteiger partial charge is 0.306 e. The number of nitrogens with two attached hydrogens (primary N) is 1. The fourth-order valence-electron chi connectivity index (χ4n) is 4.12. The Kier molecular flexibility index (Phi) is 9.10. The summed E-state index contributed by atoms with van der Waals surface area (Å²) in [6, 6.07) is 0. The molecule has 1 fully saturated rings. The number of thioether (sulfide) groups is 1. The van der Waals surface area contributed by atoms with Gasteiger partial charge in [0, 0.05) is 16.9 Å². The van der Waals surface area contributed by atoms with E-state index in [2.05, 4.69) is 6.92 Å². The molecule has 4 nitrogen and oxygen atoms in total. The van der Waals surface area contributed by atoms with Gasteiger partial charge in [-0.15, -0.1) is 0 Å². The normalized spacial score (nSPS) is 27.9. The Balaban J connectivity index is 2.80. The zero-order valence-electron chi connectivity index (χ0n) is 16.0. The molecule has 1 saturated carbocycles. The topological polar surface area (TPSA) is 72.5 Å². The molecule has 0 bridgehead atoms. The second-order valence-corrected chi connectivity index (χ2v) is 9.81. The van der Waals surface area contributed by atoms with Crippen LogP contribution in [0.3, 0.4) is 0 Å². The van der Waals surface area contributed by atoms with Gasteiger partial charge in [0.2, 0.25) is 0 Å². The van der Waals surface area contributed by atoms with Gasteiger partial charge in [0.25, 0.3) is 0 Å². The van der Waals surface area contributed by atoms with Crippen LogP contribution in [-0.2, 0) is 9.53 Å². The van der Waals surface area contributed by atoms with Crippen molar-refractivity contribution in [1.29, 1.82) is 0 Å². The minimum absolute atomic E-state index is 0.0848. The molecule has 0 radical (unpaired) electrons. The van der Waals surface area contributed by atoms with Gasteiger partial charge in [-0.2, -0.15) is 11.8 Å². The highest BCUT2D eigenvalue weighted by molar-refractivity contribution is 8.00. The number of aliphatic hydroxyl groups excluding tert-OH is 1. The van der Waals surface area contributed by atoms with E-state index in [0.717, 1.165) is 44.3 Å². The van der Waals surface area contributed by atoms with Crippen molar-refractivity contribution in [3.05, 3.63) is 0 Å². The average Bonchev–Trinajstić information content (AvgIpc) is 2.43. The van der Waals surface area contributed by atoms with Crippen LogP contribution in [0.15, 0.2) is 0 Å². The van der Waals surface area contributed by atoms with Crippen LogP contribution < -0.4 is 5.73 Å². The molecule has 0 aromatic carbocycles. The molecule has 24 heavy (non-hydrogen) atoms. The molecule has 5 heteroatoms. The van der Waals surface area contributed by atoms with Crippen LogP contribution in [0.25, 0.3) is 0 Å². The van der Waals surface area contributed by atoms with E-state index in [1.165, 1.54) is 0 Å². The lowest BCUT2D eigenvalue weighted by atomic mass is 9.71. The van der Waals surface area contributed by atoms with Crippen molar-refractivity contribution in [3.63, 3.8) is 0 Å². The molecule has 0 aromatic heterocycles. The van der Waals surface area contributed by atoms with E-state index in [9.17, 15) is 9.90 Å². The minimum Gasteiger partial charge on any atom is -0.460 e. The maximum Gasteiger partial charge on any atom is 0.306 e. The molecule has 1 aliphatic rings.